The van der Waals surface area contributed by atoms with Crippen LogP contribution in [0.4, 0.5) is 0 Å². The molecule has 0 saturated carbocycles. The predicted octanol–water partition coefficient (Wildman–Crippen LogP) is 0.767. The zero-order valence-electron chi connectivity index (χ0n) is 10.1. The summed E-state index contributed by atoms with van der Waals surface area (Å²) in [7, 11) is 5.76. The van der Waals surface area contributed by atoms with Gasteiger partial charge in [0.15, 0.2) is 0 Å². The van der Waals surface area contributed by atoms with Crippen molar-refractivity contribution in [1.82, 2.24) is 19.9 Å². The van der Waals surface area contributed by atoms with Crippen LogP contribution in [-0.2, 0) is 23.6 Å². The van der Waals surface area contributed by atoms with Crippen LogP contribution in [0.1, 0.15) is 11.4 Å². The Balaban J connectivity index is 2.70. The molecule has 0 unspecified atom stereocenters. The first-order valence-electron chi connectivity index (χ1n) is 5.30. The smallest absolute Gasteiger partial charge is 0.101 e. The van der Waals surface area contributed by atoms with Gasteiger partial charge in [-0.05, 0) is 14.1 Å². The summed E-state index contributed by atoms with van der Waals surface area (Å²) < 4.78 is 6.99. The highest BCUT2D eigenvalue weighted by Crippen LogP contribution is 2.09. The summed E-state index contributed by atoms with van der Waals surface area (Å²) in [6, 6.07) is 0. The second kappa shape index (κ2) is 6.83. The fraction of sp³-hybridized carbons (Fsp3) is 0.800. The maximum atomic E-state index is 5.82. The largest absolute Gasteiger partial charge is 0.384 e. The Kier molecular flexibility index (Phi) is 5.73. The highest BCUT2D eigenvalue weighted by molar-refractivity contribution is 6.16. The van der Waals surface area contributed by atoms with Gasteiger partial charge in [-0.15, -0.1) is 16.7 Å². The van der Waals surface area contributed by atoms with Crippen molar-refractivity contribution in [2.75, 3.05) is 34.4 Å². The molecule has 1 aromatic heterocycles. The molecule has 5 nitrogen and oxygen atoms in total. The van der Waals surface area contributed by atoms with Gasteiger partial charge < -0.3 is 9.64 Å². The van der Waals surface area contributed by atoms with E-state index in [0.29, 0.717) is 12.5 Å². The minimum absolute atomic E-state index is 0.404. The highest BCUT2D eigenvalue weighted by Gasteiger charge is 2.11. The van der Waals surface area contributed by atoms with E-state index in [1.165, 1.54) is 0 Å². The third kappa shape index (κ3) is 3.73. The average Bonchev–Trinajstić information content (AvgIpc) is 2.65. The van der Waals surface area contributed by atoms with E-state index in [0.717, 1.165) is 30.9 Å². The van der Waals surface area contributed by atoms with E-state index in [-0.39, 0.29) is 0 Å². The van der Waals surface area contributed by atoms with Crippen molar-refractivity contribution in [3.63, 3.8) is 0 Å². The quantitative estimate of drug-likeness (QED) is 0.667. The van der Waals surface area contributed by atoms with E-state index in [4.69, 9.17) is 16.3 Å². The van der Waals surface area contributed by atoms with Crippen LogP contribution in [0, 0.1) is 0 Å². The van der Waals surface area contributed by atoms with E-state index < -0.39 is 0 Å². The first kappa shape index (κ1) is 13.4. The van der Waals surface area contributed by atoms with E-state index >= 15 is 0 Å². The van der Waals surface area contributed by atoms with Crippen LogP contribution in [0.15, 0.2) is 0 Å². The van der Waals surface area contributed by atoms with Crippen LogP contribution in [0.5, 0.6) is 0 Å². The number of hydrogen-bond acceptors (Lipinski definition) is 4. The molecule has 0 aromatic carbocycles. The van der Waals surface area contributed by atoms with Gasteiger partial charge in [0.2, 0.25) is 0 Å². The summed E-state index contributed by atoms with van der Waals surface area (Å²) in [6.07, 6.45) is 0.805. The van der Waals surface area contributed by atoms with Gasteiger partial charge in [0, 0.05) is 20.1 Å². The van der Waals surface area contributed by atoms with E-state index in [1.807, 2.05) is 18.8 Å². The fourth-order valence-electron chi connectivity index (χ4n) is 1.42. The summed E-state index contributed by atoms with van der Waals surface area (Å²) in [4.78, 5) is 2.11. The van der Waals surface area contributed by atoms with Gasteiger partial charge in [-0.1, -0.05) is 5.21 Å². The number of aromatic nitrogens is 3. The number of likely N-dealkylation sites (N-methyl/N-ethyl adjacent to an activating group) is 1. The predicted molar refractivity (Wildman–Crippen MR) is 63.7 cm³/mol. The summed E-state index contributed by atoms with van der Waals surface area (Å²) >= 11 is 5.82. The second-order valence-electron chi connectivity index (χ2n) is 3.89. The van der Waals surface area contributed by atoms with Gasteiger partial charge in [-0.25, -0.2) is 4.68 Å². The van der Waals surface area contributed by atoms with Crippen LogP contribution in [0.25, 0.3) is 0 Å². The molecule has 0 fully saturated rings. The molecule has 0 aliphatic carbocycles. The standard InChI is InChI=1S/C10H19ClN4O/c1-14(2)5-6-15-10(4-7-16-3)9(8-11)12-13-15/h4-8H2,1-3H3. The Hall–Kier alpha value is -0.650. The van der Waals surface area contributed by atoms with E-state index in [9.17, 15) is 0 Å². The van der Waals surface area contributed by atoms with Gasteiger partial charge in [0.1, 0.15) is 5.69 Å². The number of hydrogen-bond donors (Lipinski definition) is 0. The van der Waals surface area contributed by atoms with Crippen molar-refractivity contribution in [1.29, 1.82) is 0 Å². The number of nitrogens with zero attached hydrogens (tertiary/aromatic N) is 4. The zero-order chi connectivity index (χ0) is 12.0. The average molecular weight is 247 g/mol. The van der Waals surface area contributed by atoms with Crippen molar-refractivity contribution < 1.29 is 4.74 Å². The third-order valence-electron chi connectivity index (χ3n) is 2.35. The Bertz CT molecular complexity index is 314. The van der Waals surface area contributed by atoms with Crippen LogP contribution >= 0.6 is 11.6 Å². The molecule has 1 heterocycles. The maximum Gasteiger partial charge on any atom is 0.101 e. The Morgan fingerprint density at radius 3 is 2.75 bits per heavy atom. The number of alkyl halides is 1. The van der Waals surface area contributed by atoms with Crippen LogP contribution < -0.4 is 0 Å². The number of methoxy groups -OCH3 is 1. The summed E-state index contributed by atoms with van der Waals surface area (Å²) in [5, 5.41) is 8.18. The highest BCUT2D eigenvalue weighted by atomic mass is 35.5. The first-order valence-corrected chi connectivity index (χ1v) is 5.83. The Morgan fingerprint density at radius 1 is 1.44 bits per heavy atom. The van der Waals surface area contributed by atoms with Crippen molar-refractivity contribution in [3.8, 4) is 0 Å². The summed E-state index contributed by atoms with van der Waals surface area (Å²) in [6.45, 7) is 2.43. The third-order valence-corrected chi connectivity index (χ3v) is 2.60. The molecule has 16 heavy (non-hydrogen) atoms. The number of ether oxygens (including phenoxy) is 1. The van der Waals surface area contributed by atoms with Crippen LogP contribution in [0.3, 0.4) is 0 Å². The van der Waals surface area contributed by atoms with E-state index in [2.05, 4.69) is 15.2 Å². The molecule has 0 amide bonds. The summed E-state index contributed by atoms with van der Waals surface area (Å²) in [5.41, 5.74) is 1.94. The van der Waals surface area contributed by atoms with Gasteiger partial charge in [0.05, 0.1) is 24.7 Å². The second-order valence-corrected chi connectivity index (χ2v) is 4.15. The maximum absolute atomic E-state index is 5.82. The number of halogens is 1. The van der Waals surface area contributed by atoms with Crippen molar-refractivity contribution in [2.45, 2.75) is 18.8 Å². The topological polar surface area (TPSA) is 43.2 Å². The minimum atomic E-state index is 0.404. The monoisotopic (exact) mass is 246 g/mol. The minimum Gasteiger partial charge on any atom is -0.384 e. The molecule has 1 aromatic rings. The molecule has 1 rings (SSSR count). The molecule has 0 spiro atoms. The lowest BCUT2D eigenvalue weighted by Crippen LogP contribution is -2.20. The molecule has 0 saturated heterocycles. The molecular weight excluding hydrogens is 228 g/mol. The lowest BCUT2D eigenvalue weighted by molar-refractivity contribution is 0.199. The van der Waals surface area contributed by atoms with Crippen LogP contribution in [0.2, 0.25) is 0 Å². The lowest BCUT2D eigenvalue weighted by atomic mass is 10.2. The summed E-state index contributed by atoms with van der Waals surface area (Å²) in [5.74, 6) is 0.404. The lowest BCUT2D eigenvalue weighted by Gasteiger charge is -2.11. The molecule has 0 aliphatic rings. The first-order chi connectivity index (χ1) is 7.69. The molecule has 0 radical (unpaired) electrons. The molecular formula is C10H19ClN4O. The van der Waals surface area contributed by atoms with Crippen LogP contribution in [-0.4, -0.2) is 54.3 Å². The fourth-order valence-corrected chi connectivity index (χ4v) is 1.63. The van der Waals surface area contributed by atoms with Crippen molar-refractivity contribution in [3.05, 3.63) is 11.4 Å². The molecule has 6 heteroatoms. The van der Waals surface area contributed by atoms with E-state index in [1.54, 1.807) is 7.11 Å². The SMILES string of the molecule is COCCc1c(CCl)nnn1CCN(C)C. The van der Waals surface area contributed by atoms with Gasteiger partial charge >= 0.3 is 0 Å². The van der Waals surface area contributed by atoms with Gasteiger partial charge in [0.25, 0.3) is 0 Å². The Morgan fingerprint density at radius 2 is 2.19 bits per heavy atom. The number of rotatable bonds is 7. The molecule has 92 valence electrons. The molecule has 0 atom stereocenters. The molecule has 0 aliphatic heterocycles. The zero-order valence-corrected chi connectivity index (χ0v) is 10.9. The normalized spacial score (nSPS) is 11.3. The molecule has 0 bridgehead atoms. The van der Waals surface area contributed by atoms with Crippen molar-refractivity contribution in [2.24, 2.45) is 0 Å². The van der Waals surface area contributed by atoms with Crippen molar-refractivity contribution >= 4 is 11.6 Å². The van der Waals surface area contributed by atoms with Gasteiger partial charge in [-0.2, -0.15) is 0 Å². The Labute approximate surface area is 101 Å². The van der Waals surface area contributed by atoms with Gasteiger partial charge in [-0.3, -0.25) is 0 Å². The molecule has 0 N–H and O–H groups in total.